The van der Waals surface area contributed by atoms with Crippen LogP contribution in [-0.4, -0.2) is 115 Å². The molecule has 2 fully saturated rings. The zero-order valence-corrected chi connectivity index (χ0v) is 12.0. The van der Waals surface area contributed by atoms with Crippen molar-refractivity contribution in [3.8, 4) is 0 Å². The first-order chi connectivity index (χ1) is 10.8. The van der Waals surface area contributed by atoms with Crippen LogP contribution in [-0.2, 0) is 14.2 Å². The van der Waals surface area contributed by atoms with Crippen molar-refractivity contribution in [1.29, 1.82) is 0 Å². The molecule has 11 nitrogen and oxygen atoms in total. The van der Waals surface area contributed by atoms with E-state index in [2.05, 4.69) is 0 Å². The molecular weight excluding hydrogens is 320 g/mol. The minimum atomic E-state index is -1.74. The molecule has 23 heavy (non-hydrogen) atoms. The average molecular weight is 342 g/mol. The van der Waals surface area contributed by atoms with Crippen LogP contribution < -0.4 is 0 Å². The third kappa shape index (κ3) is 3.81. The smallest absolute Gasteiger partial charge is 0.186 e. The van der Waals surface area contributed by atoms with Gasteiger partial charge < -0.3 is 55.1 Å². The molecule has 0 aromatic rings. The Morgan fingerprint density at radius 1 is 0.652 bits per heavy atom. The highest BCUT2D eigenvalue weighted by molar-refractivity contribution is 4.91. The van der Waals surface area contributed by atoms with E-state index >= 15 is 0 Å². The molecular formula is C12H22O11. The van der Waals surface area contributed by atoms with E-state index in [0.29, 0.717) is 0 Å². The van der Waals surface area contributed by atoms with E-state index in [4.69, 9.17) is 19.3 Å². The zero-order chi connectivity index (χ0) is 17.3. The van der Waals surface area contributed by atoms with Gasteiger partial charge in [0.25, 0.3) is 0 Å². The summed E-state index contributed by atoms with van der Waals surface area (Å²) in [7, 11) is 0. The number of aliphatic hydroxyl groups excluding tert-OH is 8. The Labute approximate surface area is 130 Å². The van der Waals surface area contributed by atoms with Gasteiger partial charge in [0.05, 0.1) is 13.2 Å². The number of hydrogen-bond acceptors (Lipinski definition) is 11. The lowest BCUT2D eigenvalue weighted by Crippen LogP contribution is -2.61. The molecule has 0 aromatic carbocycles. The van der Waals surface area contributed by atoms with Crippen LogP contribution in [0.3, 0.4) is 0 Å². The number of rotatable bonds is 4. The Morgan fingerprint density at radius 2 is 1.22 bits per heavy atom. The highest BCUT2D eigenvalue weighted by Gasteiger charge is 2.46. The molecule has 0 radical (unpaired) electrons. The standard InChI is InChI=1S/C12H22O11/c13-1-3-5(14)8(17)10(19)12(23-3)21-2-4-6(15)7(16)9(18)11(20)22-4/h3-20H,1-2H2/t3-,4-,5-,6-,7+,8+,9+,10-,11+,12+/m1/s1. The van der Waals surface area contributed by atoms with Gasteiger partial charge in [-0.15, -0.1) is 0 Å². The van der Waals surface area contributed by atoms with E-state index in [9.17, 15) is 35.7 Å². The summed E-state index contributed by atoms with van der Waals surface area (Å²) in [6.07, 6.45) is -15.3. The van der Waals surface area contributed by atoms with Crippen LogP contribution in [0.5, 0.6) is 0 Å². The zero-order valence-electron chi connectivity index (χ0n) is 12.0. The van der Waals surface area contributed by atoms with Crippen LogP contribution in [0.2, 0.25) is 0 Å². The normalized spacial score (nSPS) is 51.7. The Hall–Kier alpha value is -0.440. The first-order valence-electron chi connectivity index (χ1n) is 7.07. The highest BCUT2D eigenvalue weighted by Crippen LogP contribution is 2.24. The first-order valence-corrected chi connectivity index (χ1v) is 7.07. The van der Waals surface area contributed by atoms with Gasteiger partial charge >= 0.3 is 0 Å². The van der Waals surface area contributed by atoms with Gasteiger partial charge in [-0.25, -0.2) is 0 Å². The maximum atomic E-state index is 9.78. The fraction of sp³-hybridized carbons (Fsp3) is 1.00. The highest BCUT2D eigenvalue weighted by atomic mass is 16.7. The van der Waals surface area contributed by atoms with Gasteiger partial charge in [0.2, 0.25) is 0 Å². The van der Waals surface area contributed by atoms with Gasteiger partial charge in [-0.05, 0) is 0 Å². The summed E-state index contributed by atoms with van der Waals surface area (Å²) in [6.45, 7) is -1.10. The molecule has 0 aliphatic carbocycles. The molecule has 2 rings (SSSR count). The average Bonchev–Trinajstić information content (AvgIpc) is 2.54. The first kappa shape index (κ1) is 18.9. The lowest BCUT2D eigenvalue weighted by molar-refractivity contribution is -0.325. The Bertz CT molecular complexity index is 380. The Balaban J connectivity index is 1.94. The molecule has 2 heterocycles. The third-order valence-electron chi connectivity index (χ3n) is 3.96. The predicted octanol–water partition coefficient (Wildman–Crippen LogP) is -5.40. The van der Waals surface area contributed by atoms with Gasteiger partial charge in [0.15, 0.2) is 12.6 Å². The van der Waals surface area contributed by atoms with Crippen molar-refractivity contribution < 1.29 is 55.1 Å². The maximum absolute atomic E-state index is 9.78. The Kier molecular flexibility index (Phi) is 6.27. The molecule has 0 aromatic heterocycles. The van der Waals surface area contributed by atoms with Crippen LogP contribution in [0.15, 0.2) is 0 Å². The fourth-order valence-electron chi connectivity index (χ4n) is 2.46. The van der Waals surface area contributed by atoms with Crippen LogP contribution in [0.4, 0.5) is 0 Å². The van der Waals surface area contributed by atoms with Gasteiger partial charge in [0, 0.05) is 0 Å². The van der Waals surface area contributed by atoms with E-state index < -0.39 is 74.6 Å². The second-order valence-electron chi connectivity index (χ2n) is 5.57. The summed E-state index contributed by atoms with van der Waals surface area (Å²) in [5, 5.41) is 76.1. The lowest BCUT2D eigenvalue weighted by atomic mass is 9.98. The third-order valence-corrected chi connectivity index (χ3v) is 3.96. The van der Waals surface area contributed by atoms with Crippen molar-refractivity contribution in [2.45, 2.75) is 61.4 Å². The molecule has 10 atom stereocenters. The van der Waals surface area contributed by atoms with E-state index in [1.807, 2.05) is 0 Å². The van der Waals surface area contributed by atoms with Crippen molar-refractivity contribution >= 4 is 0 Å². The van der Waals surface area contributed by atoms with Gasteiger partial charge in [-0.2, -0.15) is 0 Å². The van der Waals surface area contributed by atoms with Gasteiger partial charge in [-0.1, -0.05) is 0 Å². The number of ether oxygens (including phenoxy) is 3. The quantitative estimate of drug-likeness (QED) is 0.243. The molecule has 11 heteroatoms. The second-order valence-corrected chi connectivity index (χ2v) is 5.57. The predicted molar refractivity (Wildman–Crippen MR) is 68.6 cm³/mol. The monoisotopic (exact) mass is 342 g/mol. The minimum Gasteiger partial charge on any atom is -0.394 e. The number of hydrogen-bond donors (Lipinski definition) is 8. The second kappa shape index (κ2) is 7.63. The van der Waals surface area contributed by atoms with Crippen LogP contribution >= 0.6 is 0 Å². The largest absolute Gasteiger partial charge is 0.394 e. The summed E-state index contributed by atoms with van der Waals surface area (Å²) >= 11 is 0. The lowest BCUT2D eigenvalue weighted by Gasteiger charge is -2.41. The van der Waals surface area contributed by atoms with Crippen molar-refractivity contribution in [3.05, 3.63) is 0 Å². The van der Waals surface area contributed by atoms with Crippen molar-refractivity contribution in [2.75, 3.05) is 13.2 Å². The van der Waals surface area contributed by atoms with Crippen molar-refractivity contribution in [1.82, 2.24) is 0 Å². The van der Waals surface area contributed by atoms with Gasteiger partial charge in [0.1, 0.15) is 48.8 Å². The topological polar surface area (TPSA) is 190 Å². The van der Waals surface area contributed by atoms with Gasteiger partial charge in [-0.3, -0.25) is 0 Å². The van der Waals surface area contributed by atoms with Crippen LogP contribution in [0, 0.1) is 0 Å². The molecule has 2 aliphatic rings. The maximum Gasteiger partial charge on any atom is 0.186 e. The molecule has 8 N–H and O–H groups in total. The molecule has 0 unspecified atom stereocenters. The summed E-state index contributed by atoms with van der Waals surface area (Å²) in [4.78, 5) is 0. The van der Waals surface area contributed by atoms with Crippen LogP contribution in [0.1, 0.15) is 0 Å². The van der Waals surface area contributed by atoms with E-state index in [-0.39, 0.29) is 0 Å². The molecule has 2 saturated heterocycles. The molecule has 0 amide bonds. The van der Waals surface area contributed by atoms with Crippen molar-refractivity contribution in [3.63, 3.8) is 0 Å². The summed E-state index contributed by atoms with van der Waals surface area (Å²) < 4.78 is 15.1. The summed E-state index contributed by atoms with van der Waals surface area (Å²) in [6, 6.07) is 0. The molecule has 2 aliphatic heterocycles. The minimum absolute atomic E-state index is 0.468. The molecule has 0 saturated carbocycles. The summed E-state index contributed by atoms with van der Waals surface area (Å²) in [5.74, 6) is 0. The SMILES string of the molecule is OC[C@H]1O[C@H](OC[C@H]2O[C@H](O)[C@@H](O)[C@@H](O)[C@@H]2O)[C@H](O)[C@@H](O)[C@@H]1O. The molecule has 0 bridgehead atoms. The summed E-state index contributed by atoms with van der Waals surface area (Å²) in [5.41, 5.74) is 0. The molecule has 0 spiro atoms. The van der Waals surface area contributed by atoms with E-state index in [1.54, 1.807) is 0 Å². The van der Waals surface area contributed by atoms with Crippen LogP contribution in [0.25, 0.3) is 0 Å². The number of aliphatic hydroxyl groups is 8. The Morgan fingerprint density at radius 3 is 1.83 bits per heavy atom. The van der Waals surface area contributed by atoms with Crippen molar-refractivity contribution in [2.24, 2.45) is 0 Å². The molecule has 136 valence electrons. The van der Waals surface area contributed by atoms with E-state index in [0.717, 1.165) is 0 Å². The van der Waals surface area contributed by atoms with E-state index in [1.165, 1.54) is 0 Å². The fourth-order valence-corrected chi connectivity index (χ4v) is 2.46.